The first-order chi connectivity index (χ1) is 11.2. The minimum absolute atomic E-state index is 0.652. The maximum atomic E-state index is 5.63. The molecule has 1 saturated heterocycles. The lowest BCUT2D eigenvalue weighted by molar-refractivity contribution is 0.119. The predicted octanol–water partition coefficient (Wildman–Crippen LogP) is 1.87. The second-order valence-electron chi connectivity index (χ2n) is 5.80. The van der Waals surface area contributed by atoms with E-state index in [0.29, 0.717) is 6.54 Å². The fourth-order valence-electron chi connectivity index (χ4n) is 2.72. The van der Waals surface area contributed by atoms with Crippen molar-refractivity contribution in [2.75, 3.05) is 33.2 Å². The van der Waals surface area contributed by atoms with Crippen LogP contribution in [0.2, 0.25) is 0 Å². The van der Waals surface area contributed by atoms with Gasteiger partial charge < -0.3 is 4.90 Å². The molecule has 23 heavy (non-hydrogen) atoms. The number of rotatable bonds is 5. The Bertz CT molecular complexity index is 712. The van der Waals surface area contributed by atoms with Crippen molar-refractivity contribution in [3.8, 4) is 11.4 Å². The molecule has 0 amide bonds. The van der Waals surface area contributed by atoms with Gasteiger partial charge in [-0.2, -0.15) is 5.10 Å². The van der Waals surface area contributed by atoms with E-state index in [2.05, 4.69) is 28.4 Å². The Morgan fingerprint density at radius 1 is 1.22 bits per heavy atom. The molecule has 0 bridgehead atoms. The highest BCUT2D eigenvalue weighted by atomic mass is 32.1. The van der Waals surface area contributed by atoms with Gasteiger partial charge in [-0.05, 0) is 31.4 Å². The molecule has 6 nitrogen and oxygen atoms in total. The molecule has 0 saturated carbocycles. The predicted molar refractivity (Wildman–Crippen MR) is 93.5 cm³/mol. The largest absolute Gasteiger partial charge is 0.304 e. The summed E-state index contributed by atoms with van der Waals surface area (Å²) < 4.78 is 4.67. The van der Waals surface area contributed by atoms with E-state index in [1.807, 2.05) is 27.5 Å². The number of piperazine rings is 1. The third-order valence-electron chi connectivity index (χ3n) is 4.10. The number of nitrogens with zero attached hydrogens (tertiary/aromatic N) is 6. The summed E-state index contributed by atoms with van der Waals surface area (Å²) in [5, 5.41) is 4.76. The maximum Gasteiger partial charge on any atom is 0.199 e. The summed E-state index contributed by atoms with van der Waals surface area (Å²) in [5.74, 6) is 0.867. The first-order valence-corrected chi connectivity index (χ1v) is 8.19. The van der Waals surface area contributed by atoms with Crippen LogP contribution in [-0.4, -0.2) is 62.4 Å². The zero-order valence-corrected chi connectivity index (χ0v) is 14.2. The van der Waals surface area contributed by atoms with Gasteiger partial charge in [0.05, 0.1) is 6.67 Å². The van der Waals surface area contributed by atoms with E-state index in [0.717, 1.165) is 49.0 Å². The molecule has 0 atom stereocenters. The summed E-state index contributed by atoms with van der Waals surface area (Å²) in [6, 6.07) is 3.91. The summed E-state index contributed by atoms with van der Waals surface area (Å²) in [7, 11) is 2.16. The summed E-state index contributed by atoms with van der Waals surface area (Å²) in [6.45, 7) is 9.46. The van der Waals surface area contributed by atoms with Gasteiger partial charge in [-0.1, -0.05) is 6.08 Å². The minimum Gasteiger partial charge on any atom is -0.304 e. The fraction of sp³-hybridized carbons (Fsp3) is 0.438. The minimum atomic E-state index is 0.652. The molecule has 1 aliphatic rings. The number of pyridine rings is 1. The topological polar surface area (TPSA) is 42.1 Å². The van der Waals surface area contributed by atoms with E-state index in [4.69, 9.17) is 17.3 Å². The van der Waals surface area contributed by atoms with Crippen LogP contribution < -0.4 is 0 Å². The van der Waals surface area contributed by atoms with Crippen LogP contribution in [0.15, 0.2) is 37.2 Å². The average Bonchev–Trinajstić information content (AvgIpc) is 2.88. The normalized spacial score (nSPS) is 16.6. The van der Waals surface area contributed by atoms with Crippen LogP contribution in [0.3, 0.4) is 0 Å². The summed E-state index contributed by atoms with van der Waals surface area (Å²) in [5.41, 5.74) is 1.02. The maximum absolute atomic E-state index is 5.63. The SMILES string of the molecule is C=CCn1c(-c2ccncc2)nn(CN2CCN(C)CC2)c1=S. The second kappa shape index (κ2) is 7.16. The van der Waals surface area contributed by atoms with Gasteiger partial charge in [0.2, 0.25) is 0 Å². The summed E-state index contributed by atoms with van der Waals surface area (Å²) >= 11 is 5.63. The Morgan fingerprint density at radius 3 is 2.57 bits per heavy atom. The van der Waals surface area contributed by atoms with E-state index in [-0.39, 0.29) is 0 Å². The first-order valence-electron chi connectivity index (χ1n) is 7.79. The van der Waals surface area contributed by atoms with Crippen LogP contribution in [0.25, 0.3) is 11.4 Å². The van der Waals surface area contributed by atoms with Crippen LogP contribution in [-0.2, 0) is 13.2 Å². The van der Waals surface area contributed by atoms with Crippen LogP contribution in [0.1, 0.15) is 0 Å². The number of hydrogen-bond acceptors (Lipinski definition) is 5. The van der Waals surface area contributed by atoms with E-state index in [1.54, 1.807) is 12.4 Å². The van der Waals surface area contributed by atoms with Crippen LogP contribution in [0.4, 0.5) is 0 Å². The molecule has 3 rings (SSSR count). The summed E-state index contributed by atoms with van der Waals surface area (Å²) in [4.78, 5) is 8.80. The zero-order chi connectivity index (χ0) is 16.2. The number of aromatic nitrogens is 4. The monoisotopic (exact) mass is 330 g/mol. The Morgan fingerprint density at radius 2 is 1.91 bits per heavy atom. The van der Waals surface area contributed by atoms with Crippen molar-refractivity contribution in [1.29, 1.82) is 0 Å². The first kappa shape index (κ1) is 16.0. The lowest BCUT2D eigenvalue weighted by Crippen LogP contribution is -2.45. The molecule has 0 N–H and O–H groups in total. The van der Waals surface area contributed by atoms with Gasteiger partial charge in [0.1, 0.15) is 0 Å². The highest BCUT2D eigenvalue weighted by Crippen LogP contribution is 2.18. The van der Waals surface area contributed by atoms with Gasteiger partial charge in [-0.15, -0.1) is 6.58 Å². The molecule has 0 spiro atoms. The summed E-state index contributed by atoms with van der Waals surface area (Å²) in [6.07, 6.45) is 5.40. The molecule has 122 valence electrons. The highest BCUT2D eigenvalue weighted by Gasteiger charge is 2.17. The van der Waals surface area contributed by atoms with Crippen LogP contribution in [0, 0.1) is 4.77 Å². The molecule has 0 aliphatic carbocycles. The Balaban J connectivity index is 1.89. The standard InChI is InChI=1S/C16H22N6S/c1-3-8-21-15(14-4-6-17-7-5-14)18-22(16(21)23)13-20-11-9-19(2)10-12-20/h3-7H,1,8-13H2,2H3. The Kier molecular flexibility index (Phi) is 5.00. The quantitative estimate of drug-likeness (QED) is 0.618. The average molecular weight is 330 g/mol. The Labute approximate surface area is 141 Å². The van der Waals surface area contributed by atoms with Crippen molar-refractivity contribution in [2.24, 2.45) is 0 Å². The molecule has 2 aromatic rings. The molecular weight excluding hydrogens is 308 g/mol. The molecule has 0 radical (unpaired) electrons. The van der Waals surface area contributed by atoms with Gasteiger partial charge in [0.15, 0.2) is 10.6 Å². The van der Waals surface area contributed by atoms with Crippen molar-refractivity contribution < 1.29 is 0 Å². The van der Waals surface area contributed by atoms with Crippen molar-refractivity contribution in [3.63, 3.8) is 0 Å². The number of allylic oxidation sites excluding steroid dienone is 1. The van der Waals surface area contributed by atoms with Crippen molar-refractivity contribution >= 4 is 12.2 Å². The molecule has 7 heteroatoms. The smallest absolute Gasteiger partial charge is 0.199 e. The highest BCUT2D eigenvalue weighted by molar-refractivity contribution is 7.71. The molecule has 1 aliphatic heterocycles. The van der Waals surface area contributed by atoms with Gasteiger partial charge >= 0.3 is 0 Å². The van der Waals surface area contributed by atoms with Crippen molar-refractivity contribution in [2.45, 2.75) is 13.2 Å². The van der Waals surface area contributed by atoms with E-state index in [1.165, 1.54) is 0 Å². The lowest BCUT2D eigenvalue weighted by Gasteiger charge is -2.31. The van der Waals surface area contributed by atoms with E-state index in [9.17, 15) is 0 Å². The second-order valence-corrected chi connectivity index (χ2v) is 6.17. The molecule has 0 unspecified atom stereocenters. The van der Waals surface area contributed by atoms with E-state index >= 15 is 0 Å². The molecule has 0 aromatic carbocycles. The lowest BCUT2D eigenvalue weighted by atomic mass is 10.2. The van der Waals surface area contributed by atoms with Crippen molar-refractivity contribution in [1.82, 2.24) is 29.1 Å². The van der Waals surface area contributed by atoms with Crippen molar-refractivity contribution in [3.05, 3.63) is 42.0 Å². The Hall–Kier alpha value is -1.83. The van der Waals surface area contributed by atoms with Crippen LogP contribution in [0.5, 0.6) is 0 Å². The van der Waals surface area contributed by atoms with E-state index < -0.39 is 0 Å². The fourth-order valence-corrected chi connectivity index (χ4v) is 2.98. The number of hydrogen-bond donors (Lipinski definition) is 0. The third-order valence-corrected chi connectivity index (χ3v) is 4.53. The molecular formula is C16H22N6S. The van der Waals surface area contributed by atoms with Crippen LogP contribution >= 0.6 is 12.2 Å². The molecule has 2 aromatic heterocycles. The van der Waals surface area contributed by atoms with Gasteiger partial charge in [0, 0.05) is 50.7 Å². The third kappa shape index (κ3) is 3.57. The zero-order valence-electron chi connectivity index (χ0n) is 13.4. The van der Waals surface area contributed by atoms with Gasteiger partial charge in [-0.3, -0.25) is 14.5 Å². The van der Waals surface area contributed by atoms with Gasteiger partial charge in [-0.25, -0.2) is 4.68 Å². The molecule has 1 fully saturated rings. The van der Waals surface area contributed by atoms with Gasteiger partial charge in [0.25, 0.3) is 0 Å². The number of likely N-dealkylation sites (N-methyl/N-ethyl adjacent to an activating group) is 1. The molecule has 3 heterocycles.